The van der Waals surface area contributed by atoms with Crippen LogP contribution in [0.25, 0.3) is 0 Å². The van der Waals surface area contributed by atoms with Crippen molar-refractivity contribution in [2.75, 3.05) is 32.4 Å². The Bertz CT molecular complexity index is 1090. The van der Waals surface area contributed by atoms with Crippen LogP contribution in [-0.4, -0.2) is 96.6 Å². The average molecular weight is 598 g/mol. The van der Waals surface area contributed by atoms with Crippen molar-refractivity contribution < 1.29 is 32.7 Å². The quantitative estimate of drug-likeness (QED) is 0.156. The number of nitrogens with zero attached hydrogens (tertiary/aromatic N) is 2. The summed E-state index contributed by atoms with van der Waals surface area (Å²) in [5.74, 6) is -2.16. The van der Waals surface area contributed by atoms with Crippen molar-refractivity contribution in [2.45, 2.75) is 95.7 Å². The number of amides is 4. The average Bonchev–Trinajstić information content (AvgIpc) is 3.36. The number of carboxylic acids is 1. The number of carbonyl (C=O) groups excluding carboxylic acids is 3. The van der Waals surface area contributed by atoms with Crippen LogP contribution in [0.15, 0.2) is 12.2 Å². The number of sulfonamides is 1. The van der Waals surface area contributed by atoms with Crippen LogP contribution in [-0.2, 0) is 24.4 Å². The highest BCUT2D eigenvalue weighted by atomic mass is 32.2. The van der Waals surface area contributed by atoms with Gasteiger partial charge in [-0.1, -0.05) is 38.3 Å². The molecule has 2 aliphatic carbocycles. The molecule has 41 heavy (non-hydrogen) atoms. The predicted molar refractivity (Wildman–Crippen MR) is 154 cm³/mol. The number of allylic oxidation sites excluding steroid dienone is 1. The van der Waals surface area contributed by atoms with Crippen molar-refractivity contribution >= 4 is 33.8 Å². The molecule has 0 aromatic heterocycles. The summed E-state index contributed by atoms with van der Waals surface area (Å²) >= 11 is 0. The van der Waals surface area contributed by atoms with Crippen LogP contribution in [0.5, 0.6) is 0 Å². The molecule has 3 rings (SSSR count). The van der Waals surface area contributed by atoms with E-state index in [1.54, 1.807) is 6.92 Å². The number of urea groups is 1. The monoisotopic (exact) mass is 597 g/mol. The van der Waals surface area contributed by atoms with Crippen LogP contribution in [0.1, 0.15) is 78.1 Å². The normalized spacial score (nSPS) is 25.1. The van der Waals surface area contributed by atoms with Crippen LogP contribution < -0.4 is 16.0 Å². The zero-order valence-corrected chi connectivity index (χ0v) is 25.4. The van der Waals surface area contributed by atoms with Crippen molar-refractivity contribution in [1.29, 1.82) is 0 Å². The van der Waals surface area contributed by atoms with Gasteiger partial charge in [-0.25, -0.2) is 22.3 Å². The molecule has 1 saturated heterocycles. The van der Waals surface area contributed by atoms with Gasteiger partial charge in [0.1, 0.15) is 11.6 Å². The molecule has 12 nitrogen and oxygen atoms in total. The summed E-state index contributed by atoms with van der Waals surface area (Å²) in [5.41, 5.74) is -1.34. The molecular formula is C28H47N5O7S. The fourth-order valence-electron chi connectivity index (χ4n) is 5.62. The standard InChI is InChI=1S/C28H47N5O7S/c1-4-6-7-8-9-14-21-17-28(21,26(36)37)31-25(35)23-15-11-16-33(23)24(34)18-29-27(38)30-22(20-12-10-13-20)19-32(3)41(39,40)5-2/h9,14,20-23H,4-8,10-13,15-19H2,1-3H3,(H,31,35)(H,36,37)(H2,29,30,38)/b14-9-/t21?,22?,23-,28+/m0/s1. The number of hydrogen-bond donors (Lipinski definition) is 4. The van der Waals surface area contributed by atoms with Crippen LogP contribution in [0, 0.1) is 11.8 Å². The van der Waals surface area contributed by atoms with Gasteiger partial charge in [0.2, 0.25) is 21.8 Å². The molecule has 4 atom stereocenters. The van der Waals surface area contributed by atoms with Gasteiger partial charge in [-0.2, -0.15) is 0 Å². The molecule has 13 heteroatoms. The molecule has 1 aliphatic heterocycles. The largest absolute Gasteiger partial charge is 0.479 e. The van der Waals surface area contributed by atoms with E-state index < -0.39 is 45.4 Å². The first-order valence-corrected chi connectivity index (χ1v) is 16.6. The van der Waals surface area contributed by atoms with E-state index in [1.807, 2.05) is 12.2 Å². The number of carbonyl (C=O) groups is 4. The van der Waals surface area contributed by atoms with Gasteiger partial charge in [0.25, 0.3) is 0 Å². The third-order valence-electron chi connectivity index (χ3n) is 8.69. The smallest absolute Gasteiger partial charge is 0.330 e. The van der Waals surface area contributed by atoms with Gasteiger partial charge in [-0.05, 0) is 57.8 Å². The molecule has 2 unspecified atom stereocenters. The summed E-state index contributed by atoms with van der Waals surface area (Å²) in [6, 6.07) is -1.75. The highest BCUT2D eigenvalue weighted by Gasteiger charge is 2.61. The molecule has 3 aliphatic rings. The third-order valence-corrected chi connectivity index (χ3v) is 10.5. The van der Waals surface area contributed by atoms with E-state index in [0.717, 1.165) is 44.9 Å². The van der Waals surface area contributed by atoms with Crippen molar-refractivity contribution in [1.82, 2.24) is 25.2 Å². The highest BCUT2D eigenvalue weighted by molar-refractivity contribution is 7.89. The Kier molecular flexibility index (Phi) is 11.6. The number of carboxylic acid groups (broad SMARTS) is 1. The number of aliphatic carboxylic acids is 1. The number of nitrogens with one attached hydrogen (secondary N) is 3. The number of unbranched alkanes of at least 4 members (excludes halogenated alkanes) is 3. The van der Waals surface area contributed by atoms with Crippen molar-refractivity contribution in [2.24, 2.45) is 11.8 Å². The minimum Gasteiger partial charge on any atom is -0.479 e. The molecule has 0 spiro atoms. The van der Waals surface area contributed by atoms with Gasteiger partial charge in [0, 0.05) is 32.1 Å². The van der Waals surface area contributed by atoms with E-state index in [2.05, 4.69) is 22.9 Å². The van der Waals surface area contributed by atoms with E-state index >= 15 is 0 Å². The number of likely N-dealkylation sites (tertiary alicyclic amines) is 1. The lowest BCUT2D eigenvalue weighted by Crippen LogP contribution is -2.56. The first-order valence-electron chi connectivity index (χ1n) is 14.9. The fourth-order valence-corrected chi connectivity index (χ4v) is 6.45. The van der Waals surface area contributed by atoms with Crippen LogP contribution in [0.3, 0.4) is 0 Å². The maximum absolute atomic E-state index is 13.1. The Labute approximate surface area is 243 Å². The lowest BCUT2D eigenvalue weighted by molar-refractivity contribution is -0.145. The maximum Gasteiger partial charge on any atom is 0.330 e. The third kappa shape index (κ3) is 8.43. The molecule has 2 saturated carbocycles. The lowest BCUT2D eigenvalue weighted by Gasteiger charge is -2.36. The summed E-state index contributed by atoms with van der Waals surface area (Å²) in [5, 5.41) is 18.0. The minimum absolute atomic E-state index is 0.0316. The molecule has 4 N–H and O–H groups in total. The molecule has 232 valence electrons. The first kappa shape index (κ1) is 32.8. The second-order valence-electron chi connectivity index (χ2n) is 11.6. The summed E-state index contributed by atoms with van der Waals surface area (Å²) in [7, 11) is -1.91. The topological polar surface area (TPSA) is 165 Å². The maximum atomic E-state index is 13.1. The Morgan fingerprint density at radius 2 is 1.85 bits per heavy atom. The zero-order chi connectivity index (χ0) is 30.2. The van der Waals surface area contributed by atoms with E-state index in [1.165, 1.54) is 16.3 Å². The van der Waals surface area contributed by atoms with Gasteiger partial charge < -0.3 is 26.0 Å². The van der Waals surface area contributed by atoms with Crippen LogP contribution >= 0.6 is 0 Å². The Balaban J connectivity index is 1.52. The van der Waals surface area contributed by atoms with Crippen LogP contribution in [0.2, 0.25) is 0 Å². The molecule has 4 amide bonds. The Morgan fingerprint density at radius 1 is 1.12 bits per heavy atom. The number of rotatable bonds is 16. The molecule has 3 fully saturated rings. The second kappa shape index (κ2) is 14.5. The van der Waals surface area contributed by atoms with E-state index in [-0.39, 0.29) is 36.7 Å². The molecule has 1 heterocycles. The summed E-state index contributed by atoms with van der Waals surface area (Å²) < 4.78 is 25.7. The Hall–Kier alpha value is -2.67. The summed E-state index contributed by atoms with van der Waals surface area (Å²) in [6.45, 7) is 3.85. The zero-order valence-electron chi connectivity index (χ0n) is 24.6. The van der Waals surface area contributed by atoms with Gasteiger partial charge in [0.05, 0.1) is 12.3 Å². The number of hydrogen-bond acceptors (Lipinski definition) is 6. The molecular weight excluding hydrogens is 550 g/mol. The summed E-state index contributed by atoms with van der Waals surface area (Å²) in [6.07, 6.45) is 12.1. The predicted octanol–water partition coefficient (Wildman–Crippen LogP) is 1.82. The van der Waals surface area contributed by atoms with Gasteiger partial charge in [0.15, 0.2) is 0 Å². The molecule has 0 aromatic rings. The molecule has 0 aromatic carbocycles. The van der Waals surface area contributed by atoms with Gasteiger partial charge >= 0.3 is 12.0 Å². The summed E-state index contributed by atoms with van der Waals surface area (Å²) in [4.78, 5) is 52.3. The minimum atomic E-state index is -3.40. The van der Waals surface area contributed by atoms with Crippen molar-refractivity contribution in [3.63, 3.8) is 0 Å². The van der Waals surface area contributed by atoms with E-state index in [4.69, 9.17) is 0 Å². The molecule has 0 bridgehead atoms. The fraction of sp³-hybridized carbons (Fsp3) is 0.786. The highest BCUT2D eigenvalue weighted by Crippen LogP contribution is 2.45. The molecule has 0 radical (unpaired) electrons. The first-order chi connectivity index (χ1) is 19.4. The Morgan fingerprint density at radius 3 is 2.46 bits per heavy atom. The van der Waals surface area contributed by atoms with Gasteiger partial charge in [-0.3, -0.25) is 9.59 Å². The van der Waals surface area contributed by atoms with Crippen molar-refractivity contribution in [3.05, 3.63) is 12.2 Å². The van der Waals surface area contributed by atoms with E-state index in [9.17, 15) is 32.7 Å². The lowest BCUT2D eigenvalue weighted by atomic mass is 9.79. The second-order valence-corrected chi connectivity index (χ2v) is 13.9. The van der Waals surface area contributed by atoms with Crippen molar-refractivity contribution in [3.8, 4) is 0 Å². The SMILES string of the molecule is CCCCC/C=C\C1C[C@]1(NC(=O)[C@@H]1CCCN1C(=O)CNC(=O)NC(CN(C)S(=O)(=O)CC)C1CCC1)C(=O)O. The van der Waals surface area contributed by atoms with Crippen LogP contribution in [0.4, 0.5) is 4.79 Å². The number of likely N-dealkylation sites (N-methyl/N-ethyl adjacent to an activating group) is 1. The van der Waals surface area contributed by atoms with Gasteiger partial charge in [-0.15, -0.1) is 0 Å². The van der Waals surface area contributed by atoms with E-state index in [0.29, 0.717) is 25.8 Å².